The highest BCUT2D eigenvalue weighted by atomic mass is 16.3. The van der Waals surface area contributed by atoms with Crippen LogP contribution >= 0.6 is 0 Å². The van der Waals surface area contributed by atoms with Gasteiger partial charge in [-0.05, 0) is 16.7 Å². The molecule has 1 aliphatic heterocycles. The predicted octanol–water partition coefficient (Wildman–Crippen LogP) is 2.57. The average molecular weight is 384 g/mol. The fraction of sp³-hybridized carbons (Fsp3) is 0.217. The number of nitriles is 1. The van der Waals surface area contributed by atoms with Crippen LogP contribution in [0.3, 0.4) is 0 Å². The van der Waals surface area contributed by atoms with Crippen LogP contribution in [0.5, 0.6) is 0 Å². The number of hydrogen-bond donors (Lipinski definition) is 1. The van der Waals surface area contributed by atoms with E-state index in [9.17, 15) is 15.2 Å². The van der Waals surface area contributed by atoms with Crippen LogP contribution in [0, 0.1) is 11.3 Å². The zero-order valence-electron chi connectivity index (χ0n) is 15.7. The molecular formula is C23H20N4O2. The van der Waals surface area contributed by atoms with Crippen LogP contribution in [0.2, 0.25) is 0 Å². The Morgan fingerprint density at radius 1 is 1.03 bits per heavy atom. The largest absolute Gasteiger partial charge is 0.394 e. The lowest BCUT2D eigenvalue weighted by molar-refractivity contribution is -0.146. The van der Waals surface area contributed by atoms with Crippen LogP contribution in [0.1, 0.15) is 17.0 Å². The van der Waals surface area contributed by atoms with Gasteiger partial charge in [-0.15, -0.1) is 0 Å². The van der Waals surface area contributed by atoms with Crippen LogP contribution in [-0.2, 0) is 11.2 Å². The van der Waals surface area contributed by atoms with Crippen molar-refractivity contribution in [2.75, 3.05) is 6.61 Å². The molecule has 1 saturated heterocycles. The van der Waals surface area contributed by atoms with Crippen molar-refractivity contribution in [2.45, 2.75) is 24.4 Å². The summed E-state index contributed by atoms with van der Waals surface area (Å²) >= 11 is 0. The Morgan fingerprint density at radius 2 is 1.72 bits per heavy atom. The van der Waals surface area contributed by atoms with Gasteiger partial charge in [0.15, 0.2) is 0 Å². The zero-order valence-corrected chi connectivity index (χ0v) is 15.7. The smallest absolute Gasteiger partial charge is 0.228 e. The average Bonchev–Trinajstić information content (AvgIpc) is 2.75. The topological polar surface area (TPSA) is 90.1 Å². The molecule has 0 radical (unpaired) electrons. The molecular weight excluding hydrogens is 364 g/mol. The molecule has 3 aromatic rings. The second kappa shape index (κ2) is 8.21. The van der Waals surface area contributed by atoms with E-state index in [1.807, 2.05) is 54.6 Å². The Labute approximate surface area is 169 Å². The maximum atomic E-state index is 12.8. The van der Waals surface area contributed by atoms with E-state index in [2.05, 4.69) is 16.0 Å². The van der Waals surface area contributed by atoms with Gasteiger partial charge in [-0.3, -0.25) is 4.79 Å². The lowest BCUT2D eigenvalue weighted by Crippen LogP contribution is -2.65. The number of aliphatic hydroxyl groups excluding tert-OH is 1. The zero-order chi connectivity index (χ0) is 20.2. The molecule has 0 spiro atoms. The molecule has 0 saturated carbocycles. The number of benzene rings is 2. The highest BCUT2D eigenvalue weighted by molar-refractivity contribution is 5.81. The molecule has 4 rings (SSSR count). The van der Waals surface area contributed by atoms with Crippen molar-refractivity contribution in [3.05, 3.63) is 84.4 Å². The SMILES string of the molecule is N#C[C@H]1[C@H](c2ccc(-c3cncnc3)cc2)[C@@H](CO)N1C(=O)Cc1ccccc1. The molecule has 144 valence electrons. The third-order valence-electron chi connectivity index (χ3n) is 5.41. The van der Waals surface area contributed by atoms with Crippen molar-refractivity contribution in [3.63, 3.8) is 0 Å². The summed E-state index contributed by atoms with van der Waals surface area (Å²) in [5.41, 5.74) is 3.70. The number of rotatable bonds is 5. The van der Waals surface area contributed by atoms with Gasteiger partial charge in [-0.25, -0.2) is 9.97 Å². The Bertz CT molecular complexity index is 1020. The van der Waals surface area contributed by atoms with Crippen molar-refractivity contribution in [3.8, 4) is 17.2 Å². The number of nitrogens with zero attached hydrogens (tertiary/aromatic N) is 4. The summed E-state index contributed by atoms with van der Waals surface area (Å²) in [5, 5.41) is 19.6. The van der Waals surface area contributed by atoms with E-state index in [1.54, 1.807) is 12.4 Å². The fourth-order valence-electron chi connectivity index (χ4n) is 3.96. The van der Waals surface area contributed by atoms with Crippen LogP contribution in [0.15, 0.2) is 73.3 Å². The second-order valence-electron chi connectivity index (χ2n) is 7.06. The van der Waals surface area contributed by atoms with Gasteiger partial charge in [0.25, 0.3) is 0 Å². The minimum atomic E-state index is -0.589. The van der Waals surface area contributed by atoms with Crippen molar-refractivity contribution in [1.29, 1.82) is 5.26 Å². The maximum absolute atomic E-state index is 12.8. The number of aromatic nitrogens is 2. The molecule has 6 nitrogen and oxygen atoms in total. The number of likely N-dealkylation sites (tertiary alicyclic amines) is 1. The molecule has 6 heteroatoms. The van der Waals surface area contributed by atoms with Gasteiger partial charge in [0.2, 0.25) is 5.91 Å². The minimum absolute atomic E-state index is 0.142. The molecule has 0 unspecified atom stereocenters. The normalized spacial score (nSPS) is 20.6. The Morgan fingerprint density at radius 3 is 2.34 bits per heavy atom. The predicted molar refractivity (Wildman–Crippen MR) is 107 cm³/mol. The van der Waals surface area contributed by atoms with Gasteiger partial charge in [0, 0.05) is 23.9 Å². The number of hydrogen-bond acceptors (Lipinski definition) is 5. The first kappa shape index (κ1) is 18.8. The molecule has 2 heterocycles. The van der Waals surface area contributed by atoms with Gasteiger partial charge in [-0.1, -0.05) is 54.6 Å². The van der Waals surface area contributed by atoms with E-state index in [4.69, 9.17) is 0 Å². The van der Waals surface area contributed by atoms with Gasteiger partial charge < -0.3 is 10.0 Å². The van der Waals surface area contributed by atoms with Crippen molar-refractivity contribution >= 4 is 5.91 Å². The van der Waals surface area contributed by atoms with E-state index in [0.717, 1.165) is 22.3 Å². The molecule has 2 aromatic carbocycles. The second-order valence-corrected chi connectivity index (χ2v) is 7.06. The van der Waals surface area contributed by atoms with Crippen molar-refractivity contribution < 1.29 is 9.90 Å². The quantitative estimate of drug-likeness (QED) is 0.730. The van der Waals surface area contributed by atoms with Gasteiger partial charge >= 0.3 is 0 Å². The summed E-state index contributed by atoms with van der Waals surface area (Å²) in [6.45, 7) is -0.183. The van der Waals surface area contributed by atoms with Gasteiger partial charge in [0.05, 0.1) is 25.1 Å². The van der Waals surface area contributed by atoms with Crippen molar-refractivity contribution in [1.82, 2.24) is 14.9 Å². The summed E-state index contributed by atoms with van der Waals surface area (Å²) in [5.74, 6) is -0.359. The Kier molecular flexibility index (Phi) is 5.32. The molecule has 29 heavy (non-hydrogen) atoms. The number of carbonyl (C=O) groups is 1. The summed E-state index contributed by atoms with van der Waals surface area (Å²) in [4.78, 5) is 22.4. The molecule has 0 bridgehead atoms. The number of aliphatic hydroxyl groups is 1. The van der Waals surface area contributed by atoms with Crippen LogP contribution < -0.4 is 0 Å². The van der Waals surface area contributed by atoms with Crippen LogP contribution in [-0.4, -0.2) is 44.6 Å². The molecule has 3 atom stereocenters. The van der Waals surface area contributed by atoms with E-state index in [1.165, 1.54) is 11.2 Å². The van der Waals surface area contributed by atoms with E-state index in [0.29, 0.717) is 0 Å². The summed E-state index contributed by atoms with van der Waals surface area (Å²) < 4.78 is 0. The monoisotopic (exact) mass is 384 g/mol. The first-order chi connectivity index (χ1) is 14.2. The standard InChI is InChI=1S/C23H20N4O2/c24-11-20-23(18-8-6-17(7-9-18)19-12-25-15-26-13-19)21(14-28)27(20)22(29)10-16-4-2-1-3-5-16/h1-9,12-13,15,20-21,23,28H,10,14H2/t20-,21+,23-/m0/s1. The van der Waals surface area contributed by atoms with E-state index in [-0.39, 0.29) is 24.9 Å². The number of amides is 1. The van der Waals surface area contributed by atoms with E-state index >= 15 is 0 Å². The van der Waals surface area contributed by atoms with Crippen molar-refractivity contribution in [2.24, 2.45) is 0 Å². The summed E-state index contributed by atoms with van der Waals surface area (Å²) in [7, 11) is 0. The molecule has 1 fully saturated rings. The first-order valence-corrected chi connectivity index (χ1v) is 9.44. The molecule has 1 N–H and O–H groups in total. The highest BCUT2D eigenvalue weighted by Gasteiger charge is 2.51. The molecule has 1 aliphatic rings. The van der Waals surface area contributed by atoms with Gasteiger partial charge in [-0.2, -0.15) is 5.26 Å². The summed E-state index contributed by atoms with van der Waals surface area (Å²) in [6, 6.07) is 18.5. The Hall–Kier alpha value is -3.56. The maximum Gasteiger partial charge on any atom is 0.228 e. The minimum Gasteiger partial charge on any atom is -0.394 e. The highest BCUT2D eigenvalue weighted by Crippen LogP contribution is 2.41. The summed E-state index contributed by atoms with van der Waals surface area (Å²) in [6.07, 6.45) is 5.18. The third kappa shape index (κ3) is 3.60. The molecule has 0 aliphatic carbocycles. The van der Waals surface area contributed by atoms with Crippen LogP contribution in [0.4, 0.5) is 0 Å². The van der Waals surface area contributed by atoms with Gasteiger partial charge in [0.1, 0.15) is 12.4 Å². The fourth-order valence-corrected chi connectivity index (χ4v) is 3.96. The van der Waals surface area contributed by atoms with E-state index < -0.39 is 12.1 Å². The molecule has 1 aromatic heterocycles. The third-order valence-corrected chi connectivity index (χ3v) is 5.41. The lowest BCUT2D eigenvalue weighted by Gasteiger charge is -2.51. The Balaban J connectivity index is 1.54. The van der Waals surface area contributed by atoms with Crippen LogP contribution in [0.25, 0.3) is 11.1 Å². The lowest BCUT2D eigenvalue weighted by atomic mass is 9.75. The molecule has 1 amide bonds. The number of carbonyl (C=O) groups excluding carboxylic acids is 1. The first-order valence-electron chi connectivity index (χ1n) is 9.44.